The number of carbonyl (C=O) groups excluding carboxylic acids is 2. The van der Waals surface area contributed by atoms with Gasteiger partial charge in [0.15, 0.2) is 0 Å². The van der Waals surface area contributed by atoms with Crippen LogP contribution >= 0.6 is 23.2 Å². The molecule has 2 aromatic carbocycles. The van der Waals surface area contributed by atoms with Crippen molar-refractivity contribution < 1.29 is 22.7 Å². The molecule has 0 radical (unpaired) electrons. The van der Waals surface area contributed by atoms with Gasteiger partial charge in [0.25, 0.3) is 0 Å². The zero-order valence-corrected chi connectivity index (χ0v) is 24.9. The number of anilines is 1. The largest absolute Gasteiger partial charge is 0.497 e. The molecule has 2 amide bonds. The quantitative estimate of drug-likeness (QED) is 0.326. The summed E-state index contributed by atoms with van der Waals surface area (Å²) in [5.41, 5.74) is 0.992. The van der Waals surface area contributed by atoms with E-state index < -0.39 is 16.1 Å². The van der Waals surface area contributed by atoms with Crippen molar-refractivity contribution >= 4 is 50.7 Å². The molecular weight excluding hydrogens is 549 g/mol. The van der Waals surface area contributed by atoms with Crippen LogP contribution < -0.4 is 14.4 Å². The van der Waals surface area contributed by atoms with Gasteiger partial charge in [0.2, 0.25) is 21.8 Å². The highest BCUT2D eigenvalue weighted by molar-refractivity contribution is 7.92. The number of carbonyl (C=O) groups is 2. The smallest absolute Gasteiger partial charge is 0.243 e. The Morgan fingerprint density at radius 2 is 1.68 bits per heavy atom. The van der Waals surface area contributed by atoms with Crippen LogP contribution in [0.15, 0.2) is 42.5 Å². The van der Waals surface area contributed by atoms with Gasteiger partial charge in [-0.05, 0) is 50.5 Å². The van der Waals surface area contributed by atoms with E-state index in [9.17, 15) is 18.0 Å². The van der Waals surface area contributed by atoms with E-state index in [2.05, 4.69) is 5.32 Å². The number of rotatable bonds is 14. The fraction of sp³-hybridized carbons (Fsp3) is 0.481. The molecule has 1 N–H and O–H groups in total. The van der Waals surface area contributed by atoms with E-state index in [0.29, 0.717) is 33.5 Å². The molecule has 11 heteroatoms. The molecule has 0 saturated carbocycles. The molecule has 2 aromatic rings. The number of amides is 2. The highest BCUT2D eigenvalue weighted by atomic mass is 35.5. The summed E-state index contributed by atoms with van der Waals surface area (Å²) in [4.78, 5) is 28.2. The van der Waals surface area contributed by atoms with Gasteiger partial charge in [-0.15, -0.1) is 0 Å². The fourth-order valence-corrected chi connectivity index (χ4v) is 5.46. The number of hydrogen-bond donors (Lipinski definition) is 1. The van der Waals surface area contributed by atoms with Crippen molar-refractivity contribution in [3.05, 3.63) is 58.1 Å². The minimum absolute atomic E-state index is 0.0190. The van der Waals surface area contributed by atoms with Crippen molar-refractivity contribution in [1.82, 2.24) is 10.2 Å². The Balaban J connectivity index is 2.29. The normalized spacial score (nSPS) is 12.9. The zero-order valence-electron chi connectivity index (χ0n) is 22.5. The average Bonchev–Trinajstić information content (AvgIpc) is 2.87. The molecule has 210 valence electrons. The van der Waals surface area contributed by atoms with E-state index in [1.165, 1.54) is 16.3 Å². The van der Waals surface area contributed by atoms with Gasteiger partial charge in [-0.2, -0.15) is 0 Å². The van der Waals surface area contributed by atoms with Crippen LogP contribution in [0.5, 0.6) is 5.75 Å². The van der Waals surface area contributed by atoms with E-state index in [4.69, 9.17) is 27.9 Å². The number of nitrogens with zero attached hydrogens (tertiary/aromatic N) is 2. The van der Waals surface area contributed by atoms with E-state index in [1.807, 2.05) is 20.8 Å². The third kappa shape index (κ3) is 8.78. The molecule has 2 rings (SSSR count). The third-order valence-electron chi connectivity index (χ3n) is 6.27. The molecule has 0 aliphatic carbocycles. The van der Waals surface area contributed by atoms with Crippen LogP contribution in [0.3, 0.4) is 0 Å². The second-order valence-corrected chi connectivity index (χ2v) is 11.8. The summed E-state index contributed by atoms with van der Waals surface area (Å²) in [5, 5.41) is 3.75. The summed E-state index contributed by atoms with van der Waals surface area (Å²) in [6.45, 7) is 5.83. The number of methoxy groups -OCH3 is 1. The third-order valence-corrected chi connectivity index (χ3v) is 8.17. The van der Waals surface area contributed by atoms with Crippen molar-refractivity contribution in [3.8, 4) is 5.75 Å². The molecular formula is C27H37Cl2N3O5S. The van der Waals surface area contributed by atoms with Crippen molar-refractivity contribution in [2.75, 3.05) is 24.2 Å². The molecule has 0 bridgehead atoms. The van der Waals surface area contributed by atoms with Gasteiger partial charge in [0, 0.05) is 47.2 Å². The molecule has 0 spiro atoms. The first-order chi connectivity index (χ1) is 17.9. The molecule has 0 aliphatic heterocycles. The first kappa shape index (κ1) is 31.7. The maximum atomic E-state index is 13.6. The number of halogens is 2. The Morgan fingerprint density at radius 3 is 2.24 bits per heavy atom. The van der Waals surface area contributed by atoms with Crippen LogP contribution in [0.2, 0.25) is 10.0 Å². The molecule has 8 nitrogen and oxygen atoms in total. The second-order valence-electron chi connectivity index (χ2n) is 9.10. The molecule has 38 heavy (non-hydrogen) atoms. The monoisotopic (exact) mass is 585 g/mol. The summed E-state index contributed by atoms with van der Waals surface area (Å²) < 4.78 is 31.5. The van der Waals surface area contributed by atoms with Gasteiger partial charge in [-0.25, -0.2) is 8.42 Å². The van der Waals surface area contributed by atoms with Crippen LogP contribution in [0.25, 0.3) is 0 Å². The Kier molecular flexibility index (Phi) is 12.2. The fourth-order valence-electron chi connectivity index (χ4n) is 3.98. The minimum atomic E-state index is -3.62. The van der Waals surface area contributed by atoms with Gasteiger partial charge in [0.05, 0.1) is 19.1 Å². The second kappa shape index (κ2) is 14.6. The predicted molar refractivity (Wildman–Crippen MR) is 153 cm³/mol. The van der Waals surface area contributed by atoms with Gasteiger partial charge in [-0.1, -0.05) is 49.2 Å². The first-order valence-electron chi connectivity index (χ1n) is 12.6. The van der Waals surface area contributed by atoms with E-state index >= 15 is 0 Å². The lowest BCUT2D eigenvalue weighted by atomic mass is 10.1. The maximum absolute atomic E-state index is 13.6. The summed E-state index contributed by atoms with van der Waals surface area (Å²) in [5.74, 6) is -0.0353. The van der Waals surface area contributed by atoms with Crippen molar-refractivity contribution in [3.63, 3.8) is 0 Å². The first-order valence-corrected chi connectivity index (χ1v) is 15.2. The summed E-state index contributed by atoms with van der Waals surface area (Å²) in [6, 6.07) is 11.0. The summed E-state index contributed by atoms with van der Waals surface area (Å²) >= 11 is 12.8. The SMILES string of the molecule is CC[C@H](C(=O)N[C@@H](C)CC)N(Cc1c(Cl)cccc1Cl)C(=O)CCCN(c1cccc(OC)c1)S(C)(=O)=O. The van der Waals surface area contributed by atoms with Crippen LogP contribution in [0.4, 0.5) is 5.69 Å². The average molecular weight is 587 g/mol. The molecule has 0 heterocycles. The van der Waals surface area contributed by atoms with Crippen molar-refractivity contribution in [1.29, 1.82) is 0 Å². The lowest BCUT2D eigenvalue weighted by Crippen LogP contribution is -2.50. The van der Waals surface area contributed by atoms with Crippen LogP contribution in [0.1, 0.15) is 52.0 Å². The topological polar surface area (TPSA) is 96.0 Å². The number of ether oxygens (including phenoxy) is 1. The Bertz CT molecular complexity index is 1190. The van der Waals surface area contributed by atoms with Crippen LogP contribution in [0, 0.1) is 0 Å². The lowest BCUT2D eigenvalue weighted by Gasteiger charge is -2.32. The van der Waals surface area contributed by atoms with E-state index in [1.54, 1.807) is 42.5 Å². The number of hydrogen-bond acceptors (Lipinski definition) is 5. The van der Waals surface area contributed by atoms with Crippen LogP contribution in [-0.2, 0) is 26.2 Å². The molecule has 0 fully saturated rings. The van der Waals surface area contributed by atoms with Gasteiger partial charge in [0.1, 0.15) is 11.8 Å². The molecule has 0 unspecified atom stereocenters. The standard InChI is InChI=1S/C27H37Cl2N3O5S/c1-6-19(3)30-27(34)25(7-2)31(18-22-23(28)13-9-14-24(22)29)26(33)15-10-16-32(38(5,35)36)20-11-8-12-21(17-20)37-4/h8-9,11-14,17,19,25H,6-7,10,15-16,18H2,1-5H3,(H,30,34)/t19-,25+/m0/s1. The molecule has 0 saturated heterocycles. The number of sulfonamides is 1. The van der Waals surface area contributed by atoms with Crippen molar-refractivity contribution in [2.24, 2.45) is 0 Å². The van der Waals surface area contributed by atoms with E-state index in [-0.39, 0.29) is 43.8 Å². The van der Waals surface area contributed by atoms with E-state index in [0.717, 1.165) is 12.7 Å². The van der Waals surface area contributed by atoms with Crippen molar-refractivity contribution in [2.45, 2.75) is 65.1 Å². The molecule has 0 aliphatic rings. The maximum Gasteiger partial charge on any atom is 0.243 e. The Morgan fingerprint density at radius 1 is 1.05 bits per heavy atom. The predicted octanol–water partition coefficient (Wildman–Crippen LogP) is 5.27. The molecule has 0 aromatic heterocycles. The Labute approximate surface area is 236 Å². The highest BCUT2D eigenvalue weighted by Crippen LogP contribution is 2.28. The van der Waals surface area contributed by atoms with Gasteiger partial charge >= 0.3 is 0 Å². The number of nitrogens with one attached hydrogen (secondary N) is 1. The highest BCUT2D eigenvalue weighted by Gasteiger charge is 2.30. The lowest BCUT2D eigenvalue weighted by molar-refractivity contribution is -0.141. The molecule has 2 atom stereocenters. The minimum Gasteiger partial charge on any atom is -0.497 e. The van der Waals surface area contributed by atoms with Gasteiger partial charge in [-0.3, -0.25) is 13.9 Å². The van der Waals surface area contributed by atoms with Gasteiger partial charge < -0.3 is 15.0 Å². The zero-order chi connectivity index (χ0) is 28.5. The number of benzene rings is 2. The Hall–Kier alpha value is -2.49. The summed E-state index contributed by atoms with van der Waals surface area (Å²) in [6.07, 6.45) is 2.50. The summed E-state index contributed by atoms with van der Waals surface area (Å²) in [7, 11) is -2.11. The van der Waals surface area contributed by atoms with Crippen LogP contribution in [-0.4, -0.2) is 57.1 Å².